The molecule has 0 aliphatic carbocycles. The summed E-state index contributed by atoms with van der Waals surface area (Å²) in [5.74, 6) is 0.242. The molecule has 15 heavy (non-hydrogen) atoms. The fourth-order valence-electron chi connectivity index (χ4n) is 1.67. The first kappa shape index (κ1) is 14.9. The van der Waals surface area contributed by atoms with Crippen LogP contribution >= 0.6 is 28.3 Å². The van der Waals surface area contributed by atoms with Gasteiger partial charge in [0, 0.05) is 23.0 Å². The molecule has 0 saturated carbocycles. The van der Waals surface area contributed by atoms with Crippen LogP contribution in [0.15, 0.2) is 23.2 Å². The van der Waals surface area contributed by atoms with E-state index >= 15 is 0 Å². The van der Waals surface area contributed by atoms with Crippen molar-refractivity contribution in [2.24, 2.45) is 0 Å². The van der Waals surface area contributed by atoms with E-state index in [0.717, 1.165) is 12.8 Å². The number of carbonyl (C=O) groups excluding carboxylic acids is 1. The lowest BCUT2D eigenvalue weighted by Gasteiger charge is -2.28. The van der Waals surface area contributed by atoms with E-state index in [1.165, 1.54) is 4.48 Å². The Morgan fingerprint density at radius 2 is 2.47 bits per heavy atom. The third-order valence-electron chi connectivity index (χ3n) is 2.30. The molecule has 2 atom stereocenters. The largest absolute Gasteiger partial charge is 0.306 e. The molecule has 0 amide bonds. The Hall–Kier alpha value is -0.120. The zero-order valence-electron chi connectivity index (χ0n) is 8.83. The Labute approximate surface area is 106 Å². The lowest BCUT2D eigenvalue weighted by atomic mass is 10.00. The van der Waals surface area contributed by atoms with Gasteiger partial charge in [-0.05, 0) is 19.8 Å². The summed E-state index contributed by atoms with van der Waals surface area (Å²) in [6.45, 7) is 5.36. The van der Waals surface area contributed by atoms with Gasteiger partial charge in [-0.25, -0.2) is 0 Å². The van der Waals surface area contributed by atoms with Crippen LogP contribution < -0.4 is 5.32 Å². The molecule has 2 nitrogen and oxygen atoms in total. The van der Waals surface area contributed by atoms with Gasteiger partial charge in [-0.3, -0.25) is 4.79 Å². The first-order valence-corrected chi connectivity index (χ1v) is 5.64. The standard InChI is InChI=1S/C11H16BrNO.ClH/c1-3-4-11-10(12)6-5-9(13-11)7-8(2)14;/h3,6,9,11,13H,1,4-5,7H2,2H3;1H/t9-,11+;/m1./s1. The average molecular weight is 295 g/mol. The Balaban J connectivity index is 0.00000196. The number of hydrogen-bond donors (Lipinski definition) is 1. The van der Waals surface area contributed by atoms with Crippen LogP contribution in [0.3, 0.4) is 0 Å². The minimum Gasteiger partial charge on any atom is -0.306 e. The van der Waals surface area contributed by atoms with Gasteiger partial charge in [0.1, 0.15) is 5.78 Å². The van der Waals surface area contributed by atoms with E-state index in [1.54, 1.807) is 6.92 Å². The van der Waals surface area contributed by atoms with Gasteiger partial charge >= 0.3 is 0 Å². The van der Waals surface area contributed by atoms with Crippen LogP contribution in [-0.4, -0.2) is 17.9 Å². The van der Waals surface area contributed by atoms with Crippen LogP contribution in [0, 0.1) is 0 Å². The molecule has 86 valence electrons. The van der Waals surface area contributed by atoms with Crippen molar-refractivity contribution in [3.8, 4) is 0 Å². The number of carbonyl (C=O) groups is 1. The molecule has 0 unspecified atom stereocenters. The molecule has 0 fully saturated rings. The first-order valence-electron chi connectivity index (χ1n) is 4.85. The van der Waals surface area contributed by atoms with Crippen LogP contribution in [0.2, 0.25) is 0 Å². The van der Waals surface area contributed by atoms with Crippen LogP contribution in [0.4, 0.5) is 0 Å². The number of halogens is 2. The minimum absolute atomic E-state index is 0. The van der Waals surface area contributed by atoms with Gasteiger partial charge in [0.15, 0.2) is 0 Å². The maximum Gasteiger partial charge on any atom is 0.131 e. The summed E-state index contributed by atoms with van der Waals surface area (Å²) < 4.78 is 1.18. The Morgan fingerprint density at radius 1 is 1.80 bits per heavy atom. The summed E-state index contributed by atoms with van der Waals surface area (Å²) in [4.78, 5) is 11.0. The number of rotatable bonds is 4. The van der Waals surface area contributed by atoms with E-state index in [4.69, 9.17) is 0 Å². The van der Waals surface area contributed by atoms with Crippen molar-refractivity contribution >= 4 is 34.1 Å². The summed E-state index contributed by atoms with van der Waals surface area (Å²) in [6, 6.07) is 0.587. The summed E-state index contributed by atoms with van der Waals surface area (Å²) >= 11 is 3.52. The van der Waals surface area contributed by atoms with E-state index < -0.39 is 0 Å². The molecule has 0 bridgehead atoms. The zero-order valence-corrected chi connectivity index (χ0v) is 11.2. The second kappa shape index (κ2) is 7.20. The average Bonchev–Trinajstić information content (AvgIpc) is 2.10. The minimum atomic E-state index is 0. The smallest absolute Gasteiger partial charge is 0.131 e. The molecule has 1 rings (SSSR count). The molecular formula is C11H17BrClNO. The molecule has 4 heteroatoms. The number of Topliss-reactive ketones (excluding diaryl/α,β-unsaturated/α-hetero) is 1. The lowest BCUT2D eigenvalue weighted by Crippen LogP contribution is -2.41. The summed E-state index contributed by atoms with van der Waals surface area (Å²) in [5, 5.41) is 3.43. The molecule has 1 heterocycles. The van der Waals surface area contributed by atoms with Gasteiger partial charge < -0.3 is 5.32 Å². The van der Waals surface area contributed by atoms with Gasteiger partial charge in [0.05, 0.1) is 0 Å². The number of ketones is 1. The van der Waals surface area contributed by atoms with Crippen LogP contribution in [-0.2, 0) is 4.79 Å². The van der Waals surface area contributed by atoms with Crippen molar-refractivity contribution in [3.05, 3.63) is 23.2 Å². The predicted octanol–water partition coefficient (Wildman–Crippen LogP) is 2.97. The highest BCUT2D eigenvalue weighted by Crippen LogP contribution is 2.22. The lowest BCUT2D eigenvalue weighted by molar-refractivity contribution is -0.117. The first-order chi connectivity index (χ1) is 6.63. The molecule has 0 saturated heterocycles. The van der Waals surface area contributed by atoms with Crippen molar-refractivity contribution in [2.45, 2.75) is 38.3 Å². The third kappa shape index (κ3) is 4.96. The summed E-state index contributed by atoms with van der Waals surface area (Å²) in [6.07, 6.45) is 6.48. The molecule has 0 aromatic rings. The van der Waals surface area contributed by atoms with E-state index in [0.29, 0.717) is 18.5 Å². The fraction of sp³-hybridized carbons (Fsp3) is 0.545. The molecule has 1 aliphatic rings. The Bertz CT molecular complexity index is 265. The molecule has 0 radical (unpaired) electrons. The predicted molar refractivity (Wildman–Crippen MR) is 69.7 cm³/mol. The van der Waals surface area contributed by atoms with Gasteiger partial charge in [-0.1, -0.05) is 28.1 Å². The molecule has 0 spiro atoms. The van der Waals surface area contributed by atoms with Crippen LogP contribution in [0.25, 0.3) is 0 Å². The Morgan fingerprint density at radius 3 is 3.00 bits per heavy atom. The summed E-state index contributed by atoms with van der Waals surface area (Å²) in [7, 11) is 0. The number of nitrogens with one attached hydrogen (secondary N) is 1. The maximum atomic E-state index is 11.0. The van der Waals surface area contributed by atoms with Crippen LogP contribution in [0.1, 0.15) is 26.2 Å². The van der Waals surface area contributed by atoms with E-state index in [2.05, 4.69) is 33.9 Å². The van der Waals surface area contributed by atoms with Crippen molar-refractivity contribution in [2.75, 3.05) is 0 Å². The van der Waals surface area contributed by atoms with Gasteiger partial charge in [-0.15, -0.1) is 19.0 Å². The molecule has 1 aliphatic heterocycles. The topological polar surface area (TPSA) is 29.1 Å². The van der Waals surface area contributed by atoms with E-state index in [1.807, 2.05) is 6.08 Å². The SMILES string of the molecule is C=CC[C@@H]1N[C@@H](CC(C)=O)CC=C1Br.Cl. The summed E-state index contributed by atoms with van der Waals surface area (Å²) in [5.41, 5.74) is 0. The van der Waals surface area contributed by atoms with Gasteiger partial charge in [0.2, 0.25) is 0 Å². The Kier molecular flexibility index (Phi) is 7.14. The molecule has 0 aromatic heterocycles. The number of hydrogen-bond acceptors (Lipinski definition) is 2. The van der Waals surface area contributed by atoms with Gasteiger partial charge in [0.25, 0.3) is 0 Å². The molecule has 0 aromatic carbocycles. The van der Waals surface area contributed by atoms with E-state index in [-0.39, 0.29) is 18.2 Å². The van der Waals surface area contributed by atoms with Gasteiger partial charge in [-0.2, -0.15) is 0 Å². The second-order valence-electron chi connectivity index (χ2n) is 3.67. The van der Waals surface area contributed by atoms with Crippen molar-refractivity contribution < 1.29 is 4.79 Å². The zero-order chi connectivity index (χ0) is 10.6. The quantitative estimate of drug-likeness (QED) is 0.808. The van der Waals surface area contributed by atoms with E-state index in [9.17, 15) is 4.79 Å². The highest BCUT2D eigenvalue weighted by molar-refractivity contribution is 9.11. The second-order valence-corrected chi connectivity index (χ2v) is 4.59. The van der Waals surface area contributed by atoms with Crippen molar-refractivity contribution in [3.63, 3.8) is 0 Å². The third-order valence-corrected chi connectivity index (χ3v) is 3.18. The molecular weight excluding hydrogens is 277 g/mol. The maximum absolute atomic E-state index is 11.0. The van der Waals surface area contributed by atoms with Crippen LogP contribution in [0.5, 0.6) is 0 Å². The monoisotopic (exact) mass is 293 g/mol. The normalized spacial score (nSPS) is 25.1. The van der Waals surface area contributed by atoms with Crippen molar-refractivity contribution in [1.29, 1.82) is 0 Å². The molecule has 1 N–H and O–H groups in total. The fourth-order valence-corrected chi connectivity index (χ4v) is 2.17. The highest BCUT2D eigenvalue weighted by Gasteiger charge is 2.21. The highest BCUT2D eigenvalue weighted by atomic mass is 79.9. The van der Waals surface area contributed by atoms with Crippen molar-refractivity contribution in [1.82, 2.24) is 5.32 Å².